The van der Waals surface area contributed by atoms with Crippen molar-refractivity contribution in [2.45, 2.75) is 33.4 Å². The van der Waals surface area contributed by atoms with Crippen LogP contribution in [0.25, 0.3) is 10.9 Å². The van der Waals surface area contributed by atoms with Gasteiger partial charge in [0.25, 0.3) is 5.91 Å². The number of nitrogens with zero attached hydrogens (tertiary/aromatic N) is 4. The average molecular weight is 450 g/mol. The Morgan fingerprint density at radius 3 is 2.64 bits per heavy atom. The lowest BCUT2D eigenvalue weighted by Gasteiger charge is -2.36. The van der Waals surface area contributed by atoms with Crippen molar-refractivity contribution in [3.8, 4) is 0 Å². The van der Waals surface area contributed by atoms with Crippen molar-refractivity contribution in [1.29, 1.82) is 0 Å². The average Bonchev–Trinajstić information content (AvgIpc) is 3.07. The Bertz CT molecular complexity index is 1090. The number of rotatable bonds is 8. The predicted octanol–water partition coefficient (Wildman–Crippen LogP) is 3.24. The molecule has 0 spiro atoms. The van der Waals surface area contributed by atoms with Gasteiger partial charge < -0.3 is 19.5 Å². The normalized spacial score (nSPS) is 15.7. The van der Waals surface area contributed by atoms with Crippen LogP contribution in [0.4, 0.5) is 5.82 Å². The first kappa shape index (κ1) is 23.3. The molecule has 4 rings (SSSR count). The molecule has 1 fully saturated rings. The third-order valence-corrected chi connectivity index (χ3v) is 6.68. The fraction of sp³-hybridized carbons (Fsp3) is 0.462. The van der Waals surface area contributed by atoms with Crippen LogP contribution in [0.5, 0.6) is 0 Å². The van der Waals surface area contributed by atoms with Crippen LogP contribution in [0, 0.1) is 13.8 Å². The topological polar surface area (TPSA) is 62.6 Å². The van der Waals surface area contributed by atoms with E-state index < -0.39 is 0 Å². The third kappa shape index (κ3) is 5.20. The van der Waals surface area contributed by atoms with Crippen LogP contribution in [0.1, 0.15) is 28.5 Å². The Balaban J connectivity index is 1.34. The summed E-state index contributed by atoms with van der Waals surface area (Å²) in [6.45, 7) is 12.5. The molecule has 1 aliphatic heterocycles. The van der Waals surface area contributed by atoms with E-state index in [0.717, 1.165) is 56.0 Å². The van der Waals surface area contributed by atoms with Crippen LogP contribution in [0.15, 0.2) is 42.6 Å². The van der Waals surface area contributed by atoms with Crippen molar-refractivity contribution in [3.05, 3.63) is 59.4 Å². The number of carbonyl (C=O) groups excluding carboxylic acids is 1. The lowest BCUT2D eigenvalue weighted by Crippen LogP contribution is -2.51. The van der Waals surface area contributed by atoms with E-state index in [-0.39, 0.29) is 11.9 Å². The number of aryl methyl sites for hydroxylation is 1. The molecular formula is C26H35N5O2. The molecule has 0 saturated carbocycles. The number of hydrogen-bond acceptors (Lipinski definition) is 5. The van der Waals surface area contributed by atoms with Crippen LogP contribution in [0.3, 0.4) is 0 Å². The second-order valence-electron chi connectivity index (χ2n) is 8.94. The zero-order valence-corrected chi connectivity index (χ0v) is 20.2. The van der Waals surface area contributed by atoms with Crippen molar-refractivity contribution in [2.24, 2.45) is 0 Å². The summed E-state index contributed by atoms with van der Waals surface area (Å²) in [5, 5.41) is 4.33. The zero-order chi connectivity index (χ0) is 23.4. The number of ether oxygens (including phenoxy) is 1. The molecule has 3 heterocycles. The minimum Gasteiger partial charge on any atom is -0.383 e. The maximum atomic E-state index is 13.0. The van der Waals surface area contributed by atoms with Crippen LogP contribution in [-0.4, -0.2) is 72.8 Å². The third-order valence-electron chi connectivity index (χ3n) is 6.68. The lowest BCUT2D eigenvalue weighted by molar-refractivity contribution is 0.0928. The Hall–Kier alpha value is -2.90. The smallest absolute Gasteiger partial charge is 0.251 e. The second-order valence-corrected chi connectivity index (χ2v) is 8.94. The molecule has 3 aromatic rings. The van der Waals surface area contributed by atoms with Crippen molar-refractivity contribution >= 4 is 22.6 Å². The van der Waals surface area contributed by atoms with Gasteiger partial charge in [-0.3, -0.25) is 9.69 Å². The maximum absolute atomic E-state index is 13.0. The number of nitrogens with one attached hydrogen (secondary N) is 1. The molecule has 1 unspecified atom stereocenters. The zero-order valence-electron chi connectivity index (χ0n) is 20.2. The van der Waals surface area contributed by atoms with Gasteiger partial charge >= 0.3 is 0 Å². The number of amides is 1. The quantitative estimate of drug-likeness (QED) is 0.572. The van der Waals surface area contributed by atoms with E-state index in [1.807, 2.05) is 30.5 Å². The number of aromatic nitrogens is 2. The lowest BCUT2D eigenvalue weighted by atomic mass is 10.1. The molecule has 0 bridgehead atoms. The van der Waals surface area contributed by atoms with Gasteiger partial charge in [0, 0.05) is 80.8 Å². The molecule has 7 nitrogen and oxygen atoms in total. The number of anilines is 1. The minimum absolute atomic E-state index is 0.0155. The van der Waals surface area contributed by atoms with Gasteiger partial charge in [0.15, 0.2) is 0 Å². The number of piperazine rings is 1. The van der Waals surface area contributed by atoms with Gasteiger partial charge in [-0.1, -0.05) is 6.07 Å². The van der Waals surface area contributed by atoms with Crippen molar-refractivity contribution in [2.75, 3.05) is 51.3 Å². The van der Waals surface area contributed by atoms with E-state index >= 15 is 0 Å². The van der Waals surface area contributed by atoms with E-state index in [2.05, 4.69) is 57.6 Å². The number of methoxy groups -OCH3 is 1. The summed E-state index contributed by atoms with van der Waals surface area (Å²) in [4.78, 5) is 22.2. The summed E-state index contributed by atoms with van der Waals surface area (Å²) >= 11 is 0. The number of carbonyl (C=O) groups is 1. The predicted molar refractivity (Wildman–Crippen MR) is 133 cm³/mol. The fourth-order valence-corrected chi connectivity index (χ4v) is 4.70. The van der Waals surface area contributed by atoms with E-state index in [4.69, 9.17) is 4.74 Å². The van der Waals surface area contributed by atoms with Gasteiger partial charge in [-0.15, -0.1) is 0 Å². The Labute approximate surface area is 196 Å². The monoisotopic (exact) mass is 449 g/mol. The Morgan fingerprint density at radius 1 is 1.15 bits per heavy atom. The molecule has 33 heavy (non-hydrogen) atoms. The summed E-state index contributed by atoms with van der Waals surface area (Å²) in [7, 11) is 1.72. The summed E-state index contributed by atoms with van der Waals surface area (Å²) < 4.78 is 7.53. The van der Waals surface area contributed by atoms with Crippen LogP contribution < -0.4 is 10.2 Å². The summed E-state index contributed by atoms with van der Waals surface area (Å²) in [5.41, 5.74) is 4.30. The van der Waals surface area contributed by atoms with Gasteiger partial charge in [-0.05, 0) is 56.7 Å². The first-order valence-electron chi connectivity index (χ1n) is 11.8. The SMILES string of the molecule is COCCn1c(C)c(C)c2cc(C(=O)NC(C)CN3CCN(c4ccccn4)CC3)ccc21. The maximum Gasteiger partial charge on any atom is 0.251 e. The van der Waals surface area contributed by atoms with Crippen molar-refractivity contribution in [3.63, 3.8) is 0 Å². The van der Waals surface area contributed by atoms with Gasteiger partial charge in [-0.2, -0.15) is 0 Å². The first-order chi connectivity index (χ1) is 16.0. The van der Waals surface area contributed by atoms with Crippen LogP contribution >= 0.6 is 0 Å². The summed E-state index contributed by atoms with van der Waals surface area (Å²) in [6, 6.07) is 12.1. The molecule has 1 atom stereocenters. The van der Waals surface area contributed by atoms with Gasteiger partial charge in [-0.25, -0.2) is 4.98 Å². The molecule has 1 N–H and O–H groups in total. The van der Waals surface area contributed by atoms with Crippen molar-refractivity contribution < 1.29 is 9.53 Å². The van der Waals surface area contributed by atoms with E-state index in [9.17, 15) is 4.79 Å². The second kappa shape index (κ2) is 10.4. The Kier molecular flexibility index (Phi) is 7.30. The number of benzene rings is 1. The number of hydrogen-bond donors (Lipinski definition) is 1. The number of fused-ring (bicyclic) bond motifs is 1. The molecule has 176 valence electrons. The first-order valence-corrected chi connectivity index (χ1v) is 11.8. The van der Waals surface area contributed by atoms with Gasteiger partial charge in [0.1, 0.15) is 5.82 Å². The molecule has 1 amide bonds. The van der Waals surface area contributed by atoms with E-state index in [1.165, 1.54) is 11.3 Å². The Morgan fingerprint density at radius 2 is 1.94 bits per heavy atom. The minimum atomic E-state index is -0.0155. The molecule has 1 aliphatic rings. The van der Waals surface area contributed by atoms with Crippen LogP contribution in [0.2, 0.25) is 0 Å². The number of pyridine rings is 1. The molecule has 0 aliphatic carbocycles. The molecule has 2 aromatic heterocycles. The largest absolute Gasteiger partial charge is 0.383 e. The van der Waals surface area contributed by atoms with E-state index in [0.29, 0.717) is 12.2 Å². The molecule has 1 aromatic carbocycles. The summed E-state index contributed by atoms with van der Waals surface area (Å²) in [5.74, 6) is 1.02. The highest BCUT2D eigenvalue weighted by Crippen LogP contribution is 2.26. The highest BCUT2D eigenvalue weighted by atomic mass is 16.5. The summed E-state index contributed by atoms with van der Waals surface area (Å²) in [6.07, 6.45) is 1.84. The molecular weight excluding hydrogens is 414 g/mol. The van der Waals surface area contributed by atoms with Gasteiger partial charge in [0.2, 0.25) is 0 Å². The highest BCUT2D eigenvalue weighted by Gasteiger charge is 2.21. The van der Waals surface area contributed by atoms with Gasteiger partial charge in [0.05, 0.1) is 6.61 Å². The van der Waals surface area contributed by atoms with Crippen molar-refractivity contribution in [1.82, 2.24) is 19.8 Å². The van der Waals surface area contributed by atoms with E-state index in [1.54, 1.807) is 7.11 Å². The fourth-order valence-electron chi connectivity index (χ4n) is 4.70. The van der Waals surface area contributed by atoms with Crippen LogP contribution in [-0.2, 0) is 11.3 Å². The molecule has 1 saturated heterocycles. The molecule has 0 radical (unpaired) electrons. The molecule has 7 heteroatoms. The highest BCUT2D eigenvalue weighted by molar-refractivity contribution is 5.99. The standard InChI is InChI=1S/C26H35N5O2/c1-19(18-29-11-13-30(14-12-29)25-7-5-6-10-27-25)28-26(32)22-8-9-24-23(17-22)20(2)21(3)31(24)15-16-33-4/h5-10,17,19H,11-16,18H2,1-4H3,(H,28,32).